The van der Waals surface area contributed by atoms with Crippen LogP contribution in [0.2, 0.25) is 0 Å². The molecule has 1 aromatic heterocycles. The number of nitrogens with one attached hydrogen (secondary N) is 2. The average Bonchev–Trinajstić information content (AvgIpc) is 3.13. The third kappa shape index (κ3) is 5.67. The Morgan fingerprint density at radius 2 is 1.86 bits per heavy atom. The van der Waals surface area contributed by atoms with Gasteiger partial charge in [-0.3, -0.25) is 4.90 Å². The number of alkyl halides is 2. The van der Waals surface area contributed by atoms with E-state index in [1.807, 2.05) is 25.1 Å². The number of aromatic nitrogens is 1. The van der Waals surface area contributed by atoms with Crippen molar-refractivity contribution in [2.24, 2.45) is 5.92 Å². The number of para-hydroxylation sites is 1. The maximum atomic E-state index is 13.4. The number of hydrogen-bond acceptors (Lipinski definition) is 4. The van der Waals surface area contributed by atoms with Gasteiger partial charge in [-0.05, 0) is 42.7 Å². The van der Waals surface area contributed by atoms with Crippen LogP contribution in [0.4, 0.5) is 17.6 Å². The number of halogens is 4. The molecule has 5 nitrogen and oxygen atoms in total. The van der Waals surface area contributed by atoms with E-state index in [9.17, 15) is 17.6 Å². The molecule has 2 aliphatic rings. The monoisotopic (exact) mass is 488 g/mol. The SMILES string of the molecule is CC1Cc2c([nH]c3ccccc23)CN1CC(F)(F)CO.N#CC(c1cc(F)cc(F)c1)C1CNC1. The van der Waals surface area contributed by atoms with Gasteiger partial charge in [-0.15, -0.1) is 0 Å². The van der Waals surface area contributed by atoms with Crippen molar-refractivity contribution in [1.29, 1.82) is 5.26 Å². The molecule has 1 fully saturated rings. The Hall–Kier alpha value is -2.93. The van der Waals surface area contributed by atoms with Gasteiger partial charge in [0.15, 0.2) is 0 Å². The Morgan fingerprint density at radius 1 is 1.17 bits per heavy atom. The normalized spacial score (nSPS) is 19.3. The zero-order valence-electron chi connectivity index (χ0n) is 19.4. The van der Waals surface area contributed by atoms with Gasteiger partial charge in [0, 0.05) is 54.3 Å². The lowest BCUT2D eigenvalue weighted by Gasteiger charge is -2.35. The summed E-state index contributed by atoms with van der Waals surface area (Å²) in [7, 11) is 0. The highest BCUT2D eigenvalue weighted by atomic mass is 19.3. The fourth-order valence-corrected chi connectivity index (χ4v) is 4.72. The summed E-state index contributed by atoms with van der Waals surface area (Å²) in [4.78, 5) is 5.05. The van der Waals surface area contributed by atoms with Gasteiger partial charge < -0.3 is 15.4 Å². The third-order valence-corrected chi connectivity index (χ3v) is 6.72. The highest BCUT2D eigenvalue weighted by Crippen LogP contribution is 2.31. The molecule has 0 bridgehead atoms. The third-order valence-electron chi connectivity index (χ3n) is 6.72. The van der Waals surface area contributed by atoms with Gasteiger partial charge in [-0.2, -0.15) is 5.26 Å². The molecule has 0 saturated carbocycles. The number of aliphatic hydroxyl groups is 1. The molecule has 9 heteroatoms. The minimum absolute atomic E-state index is 0.0409. The van der Waals surface area contributed by atoms with Crippen molar-refractivity contribution in [1.82, 2.24) is 15.2 Å². The maximum absolute atomic E-state index is 13.4. The number of aliphatic hydroxyl groups excluding tert-OH is 1. The summed E-state index contributed by atoms with van der Waals surface area (Å²) in [6.45, 7) is 2.39. The van der Waals surface area contributed by atoms with Gasteiger partial charge in [0.05, 0.1) is 18.5 Å². The molecule has 0 radical (unpaired) electrons. The lowest BCUT2D eigenvalue weighted by atomic mass is 9.83. The van der Waals surface area contributed by atoms with Gasteiger partial charge >= 0.3 is 0 Å². The van der Waals surface area contributed by atoms with Gasteiger partial charge in [0.1, 0.15) is 18.2 Å². The number of nitriles is 1. The Morgan fingerprint density at radius 3 is 2.46 bits per heavy atom. The van der Waals surface area contributed by atoms with E-state index in [0.29, 0.717) is 12.1 Å². The van der Waals surface area contributed by atoms with Crippen LogP contribution in [0.5, 0.6) is 0 Å². The Balaban J connectivity index is 0.000000172. The second-order valence-corrected chi connectivity index (χ2v) is 9.33. The second-order valence-electron chi connectivity index (χ2n) is 9.33. The van der Waals surface area contributed by atoms with E-state index < -0.39 is 36.6 Å². The predicted octanol–water partition coefficient (Wildman–Crippen LogP) is 4.33. The minimum atomic E-state index is -3.04. The molecule has 186 valence electrons. The largest absolute Gasteiger partial charge is 0.390 e. The van der Waals surface area contributed by atoms with Crippen LogP contribution in [0, 0.1) is 28.9 Å². The van der Waals surface area contributed by atoms with E-state index in [2.05, 4.69) is 22.4 Å². The number of hydrogen-bond donors (Lipinski definition) is 3. The summed E-state index contributed by atoms with van der Waals surface area (Å²) >= 11 is 0. The molecule has 3 aromatic rings. The molecule has 5 rings (SSSR count). The van der Waals surface area contributed by atoms with Crippen molar-refractivity contribution in [2.45, 2.75) is 37.8 Å². The lowest BCUT2D eigenvalue weighted by molar-refractivity contribution is -0.0819. The summed E-state index contributed by atoms with van der Waals surface area (Å²) in [5.41, 5.74) is 3.73. The summed E-state index contributed by atoms with van der Waals surface area (Å²) < 4.78 is 52.7. The van der Waals surface area contributed by atoms with Gasteiger partial charge in [-0.1, -0.05) is 18.2 Å². The van der Waals surface area contributed by atoms with Crippen LogP contribution in [0.3, 0.4) is 0 Å². The fraction of sp³-hybridized carbons (Fsp3) is 0.423. The highest BCUT2D eigenvalue weighted by molar-refractivity contribution is 5.84. The van der Waals surface area contributed by atoms with E-state index in [4.69, 9.17) is 10.4 Å². The summed E-state index contributed by atoms with van der Waals surface area (Å²) in [5.74, 6) is -4.56. The first-order valence-corrected chi connectivity index (χ1v) is 11.6. The van der Waals surface area contributed by atoms with Crippen LogP contribution in [0.25, 0.3) is 10.9 Å². The summed E-state index contributed by atoms with van der Waals surface area (Å²) in [5, 5.41) is 21.9. The number of rotatable bonds is 5. The molecule has 3 heterocycles. The number of nitrogens with zero attached hydrogens (tertiary/aromatic N) is 2. The standard InChI is InChI=1S/C15H18F2N2O.C11H10F2N2/c1-10-6-12-11-4-2-3-5-13(11)18-14(12)7-19(10)8-15(16,17)9-20;12-9-1-7(2-10(13)3-9)11(4-14)8-5-15-6-8/h2-5,10,18,20H,6-9H2,1H3;1-3,8,11,15H,5-6H2. The molecule has 0 aliphatic carbocycles. The second kappa shape index (κ2) is 10.4. The number of benzene rings is 2. The first-order valence-electron chi connectivity index (χ1n) is 11.6. The van der Waals surface area contributed by atoms with Crippen molar-refractivity contribution in [3.05, 3.63) is 70.9 Å². The number of fused-ring (bicyclic) bond motifs is 3. The van der Waals surface area contributed by atoms with Gasteiger partial charge in [0.25, 0.3) is 5.92 Å². The van der Waals surface area contributed by atoms with E-state index in [1.54, 1.807) is 4.90 Å². The molecule has 0 amide bonds. The molecule has 2 aromatic carbocycles. The molecule has 3 N–H and O–H groups in total. The molecular weight excluding hydrogens is 460 g/mol. The first-order chi connectivity index (χ1) is 16.7. The highest BCUT2D eigenvalue weighted by Gasteiger charge is 2.35. The number of H-pyrrole nitrogens is 1. The van der Waals surface area contributed by atoms with Crippen molar-refractivity contribution < 1.29 is 22.7 Å². The van der Waals surface area contributed by atoms with Crippen LogP contribution in [0.15, 0.2) is 42.5 Å². The van der Waals surface area contributed by atoms with E-state index in [1.165, 1.54) is 23.1 Å². The quantitative estimate of drug-likeness (QED) is 0.468. The van der Waals surface area contributed by atoms with E-state index >= 15 is 0 Å². The summed E-state index contributed by atoms with van der Waals surface area (Å²) in [6.07, 6.45) is 0.751. The molecular formula is C26H28F4N4O. The van der Waals surface area contributed by atoms with Crippen LogP contribution in [-0.4, -0.2) is 53.2 Å². The topological polar surface area (TPSA) is 75.1 Å². The maximum Gasteiger partial charge on any atom is 0.283 e. The van der Waals surface area contributed by atoms with Crippen LogP contribution >= 0.6 is 0 Å². The average molecular weight is 489 g/mol. The van der Waals surface area contributed by atoms with Crippen LogP contribution in [0.1, 0.15) is 29.7 Å². The first kappa shape index (κ1) is 25.2. The smallest absolute Gasteiger partial charge is 0.283 e. The Labute approximate surface area is 201 Å². The van der Waals surface area contributed by atoms with E-state index in [-0.39, 0.29) is 12.0 Å². The summed E-state index contributed by atoms with van der Waals surface area (Å²) in [6, 6.07) is 13.4. The molecule has 35 heavy (non-hydrogen) atoms. The van der Waals surface area contributed by atoms with Gasteiger partial charge in [0.2, 0.25) is 0 Å². The van der Waals surface area contributed by atoms with Crippen molar-refractivity contribution >= 4 is 10.9 Å². The van der Waals surface area contributed by atoms with Crippen LogP contribution < -0.4 is 5.32 Å². The van der Waals surface area contributed by atoms with Crippen molar-refractivity contribution in [3.63, 3.8) is 0 Å². The zero-order chi connectivity index (χ0) is 25.2. The Kier molecular flexibility index (Phi) is 7.45. The number of aromatic amines is 1. The minimum Gasteiger partial charge on any atom is -0.390 e. The molecule has 1 saturated heterocycles. The Bertz CT molecular complexity index is 1200. The predicted molar refractivity (Wildman–Crippen MR) is 125 cm³/mol. The van der Waals surface area contributed by atoms with Crippen LogP contribution in [-0.2, 0) is 13.0 Å². The molecule has 0 spiro atoms. The van der Waals surface area contributed by atoms with Gasteiger partial charge in [-0.25, -0.2) is 17.6 Å². The van der Waals surface area contributed by atoms with Crippen molar-refractivity contribution in [2.75, 3.05) is 26.2 Å². The van der Waals surface area contributed by atoms with E-state index in [0.717, 1.165) is 36.8 Å². The fourth-order valence-electron chi connectivity index (χ4n) is 4.72. The lowest BCUT2D eigenvalue weighted by Crippen LogP contribution is -2.46. The molecule has 2 aliphatic heterocycles. The molecule has 2 unspecified atom stereocenters. The van der Waals surface area contributed by atoms with Crippen molar-refractivity contribution in [3.8, 4) is 6.07 Å². The molecule has 2 atom stereocenters. The zero-order valence-corrected chi connectivity index (χ0v) is 19.4.